The van der Waals surface area contributed by atoms with Crippen molar-refractivity contribution in [3.63, 3.8) is 0 Å². The lowest BCUT2D eigenvalue weighted by Gasteiger charge is -2.41. The van der Waals surface area contributed by atoms with Crippen molar-refractivity contribution in [2.24, 2.45) is 11.8 Å². The molecule has 0 spiro atoms. The zero-order valence-electron chi connectivity index (χ0n) is 22.1. The molecule has 200 valence electrons. The van der Waals surface area contributed by atoms with Crippen LogP contribution in [0.4, 0.5) is 4.79 Å². The van der Waals surface area contributed by atoms with Crippen LogP contribution >= 0.6 is 0 Å². The topological polar surface area (TPSA) is 70.7 Å². The average molecular weight is 522 g/mol. The van der Waals surface area contributed by atoms with Crippen molar-refractivity contribution in [3.8, 4) is 0 Å². The number of ether oxygens (including phenoxy) is 1. The molecule has 39 heavy (non-hydrogen) atoms. The summed E-state index contributed by atoms with van der Waals surface area (Å²) >= 11 is 0. The number of hydrogen-bond acceptors (Lipinski definition) is 4. The highest BCUT2D eigenvalue weighted by Gasteiger charge is 2.66. The summed E-state index contributed by atoms with van der Waals surface area (Å²) in [5, 5.41) is 6.86. The molecule has 4 fully saturated rings. The van der Waals surface area contributed by atoms with Gasteiger partial charge in [0.2, 0.25) is 5.91 Å². The predicted molar refractivity (Wildman–Crippen MR) is 149 cm³/mol. The van der Waals surface area contributed by atoms with Gasteiger partial charge in [0.15, 0.2) is 0 Å². The molecule has 6 nitrogen and oxygen atoms in total. The maximum Gasteiger partial charge on any atom is 0.408 e. The fourth-order valence-corrected chi connectivity index (χ4v) is 8.06. The smallest absolute Gasteiger partial charge is 0.408 e. The van der Waals surface area contributed by atoms with Crippen LogP contribution in [-0.4, -0.2) is 34.6 Å². The number of benzene rings is 3. The van der Waals surface area contributed by atoms with Crippen molar-refractivity contribution in [1.82, 2.24) is 15.5 Å². The summed E-state index contributed by atoms with van der Waals surface area (Å²) < 4.78 is 6.39. The number of amides is 2. The minimum absolute atomic E-state index is 0.132. The number of nitrogens with one attached hydrogen (secondary N) is 2. The van der Waals surface area contributed by atoms with Gasteiger partial charge in [-0.1, -0.05) is 84.9 Å². The second-order valence-electron chi connectivity index (χ2n) is 12.1. The van der Waals surface area contributed by atoms with Gasteiger partial charge >= 0.3 is 6.09 Å². The lowest BCUT2D eigenvalue weighted by molar-refractivity contribution is -0.131. The van der Waals surface area contributed by atoms with E-state index in [-0.39, 0.29) is 23.6 Å². The van der Waals surface area contributed by atoms with Gasteiger partial charge in [-0.2, -0.15) is 0 Å². The normalized spacial score (nSPS) is 28.1. The van der Waals surface area contributed by atoms with Crippen molar-refractivity contribution in [2.75, 3.05) is 6.54 Å². The molecule has 0 radical (unpaired) electrons. The summed E-state index contributed by atoms with van der Waals surface area (Å²) in [4.78, 5) is 28.5. The Morgan fingerprint density at radius 1 is 0.846 bits per heavy atom. The summed E-state index contributed by atoms with van der Waals surface area (Å²) in [6.07, 6.45) is 4.47. The number of fused-ring (bicyclic) bond motifs is 1. The number of nitrogens with zero attached hydrogens (tertiary/aromatic N) is 1. The maximum absolute atomic E-state index is 13.5. The standard InChI is InChI=1S/C33H35N3O3/c37-29(36-20-26-13-7-8-14-27(26)21-36)19-34-32-16-23-15-28(18-32)33(17-23,22-32)39-31(38)35-30(24-9-3-1-4-10-24)25-11-5-2-6-12-25/h1-14,23,28,30,34H,15-22H2,(H,35,38). The van der Waals surface area contributed by atoms with Crippen LogP contribution in [0.3, 0.4) is 0 Å². The number of alkyl carbamates (subject to hydrolysis) is 1. The summed E-state index contributed by atoms with van der Waals surface area (Å²) in [7, 11) is 0. The highest BCUT2D eigenvalue weighted by molar-refractivity contribution is 5.79. The van der Waals surface area contributed by atoms with Crippen LogP contribution in [0.1, 0.15) is 60.4 Å². The summed E-state index contributed by atoms with van der Waals surface area (Å²) in [6, 6.07) is 28.1. The van der Waals surface area contributed by atoms with E-state index in [1.165, 1.54) is 11.1 Å². The van der Waals surface area contributed by atoms with Gasteiger partial charge in [-0.3, -0.25) is 4.79 Å². The molecule has 2 amide bonds. The van der Waals surface area contributed by atoms with Crippen LogP contribution in [0.25, 0.3) is 0 Å². The fraction of sp³-hybridized carbons (Fsp3) is 0.394. The third-order valence-electron chi connectivity index (χ3n) is 9.58. The van der Waals surface area contributed by atoms with E-state index in [0.717, 1.165) is 43.2 Å². The predicted octanol–water partition coefficient (Wildman–Crippen LogP) is 5.34. The second-order valence-corrected chi connectivity index (χ2v) is 12.1. The number of carbonyl (C=O) groups excluding carboxylic acids is 2. The third kappa shape index (κ3) is 4.51. The van der Waals surface area contributed by atoms with Crippen molar-refractivity contribution in [3.05, 3.63) is 107 Å². The van der Waals surface area contributed by atoms with Crippen molar-refractivity contribution in [2.45, 2.75) is 62.4 Å². The molecule has 4 aliphatic carbocycles. The lowest BCUT2D eigenvalue weighted by Crippen LogP contribution is -2.53. The first-order valence-corrected chi connectivity index (χ1v) is 14.2. The number of carbonyl (C=O) groups is 2. The maximum atomic E-state index is 13.5. The highest BCUT2D eigenvalue weighted by atomic mass is 16.6. The molecule has 0 saturated heterocycles. The van der Waals surface area contributed by atoms with E-state index < -0.39 is 5.60 Å². The zero-order valence-corrected chi connectivity index (χ0v) is 22.1. The molecule has 4 atom stereocenters. The largest absolute Gasteiger partial charge is 0.443 e. The molecule has 5 aliphatic rings. The van der Waals surface area contributed by atoms with E-state index in [0.29, 0.717) is 31.5 Å². The Hall–Kier alpha value is -3.64. The van der Waals surface area contributed by atoms with Gasteiger partial charge in [0, 0.05) is 31.0 Å². The Labute approximate surface area is 229 Å². The Morgan fingerprint density at radius 2 is 1.46 bits per heavy atom. The first-order valence-electron chi connectivity index (χ1n) is 14.2. The van der Waals surface area contributed by atoms with Crippen LogP contribution in [-0.2, 0) is 22.6 Å². The van der Waals surface area contributed by atoms with Crippen LogP contribution in [0.2, 0.25) is 0 Å². The summed E-state index contributed by atoms with van der Waals surface area (Å²) in [6.45, 7) is 1.71. The first-order chi connectivity index (χ1) is 19.0. The van der Waals surface area contributed by atoms with Crippen molar-refractivity contribution < 1.29 is 14.3 Å². The van der Waals surface area contributed by atoms with Crippen LogP contribution < -0.4 is 10.6 Å². The molecule has 4 bridgehead atoms. The van der Waals surface area contributed by atoms with Crippen molar-refractivity contribution in [1.29, 1.82) is 0 Å². The fourth-order valence-electron chi connectivity index (χ4n) is 8.06. The molecule has 4 saturated carbocycles. The van der Waals surface area contributed by atoms with E-state index in [1.807, 2.05) is 77.7 Å². The van der Waals surface area contributed by atoms with Crippen LogP contribution in [0.5, 0.6) is 0 Å². The summed E-state index contributed by atoms with van der Waals surface area (Å²) in [5.74, 6) is 1.01. The molecule has 2 N–H and O–H groups in total. The second kappa shape index (κ2) is 9.53. The van der Waals surface area contributed by atoms with Crippen LogP contribution in [0.15, 0.2) is 84.9 Å². The van der Waals surface area contributed by atoms with Gasteiger partial charge in [0.25, 0.3) is 0 Å². The first kappa shape index (κ1) is 24.4. The van der Waals surface area contributed by atoms with Gasteiger partial charge in [-0.05, 0) is 53.9 Å². The molecule has 1 aliphatic heterocycles. The molecule has 4 unspecified atom stereocenters. The average Bonchev–Trinajstić information content (AvgIpc) is 3.56. The van der Waals surface area contributed by atoms with Crippen LogP contribution in [0, 0.1) is 11.8 Å². The monoisotopic (exact) mass is 521 g/mol. The molecule has 1 heterocycles. The van der Waals surface area contributed by atoms with E-state index in [4.69, 9.17) is 4.74 Å². The third-order valence-corrected chi connectivity index (χ3v) is 9.58. The van der Waals surface area contributed by atoms with E-state index in [2.05, 4.69) is 22.8 Å². The molecular weight excluding hydrogens is 486 g/mol. The van der Waals surface area contributed by atoms with Gasteiger partial charge < -0.3 is 20.3 Å². The Bertz CT molecular complexity index is 1310. The lowest BCUT2D eigenvalue weighted by atomic mass is 9.75. The van der Waals surface area contributed by atoms with Gasteiger partial charge in [-0.25, -0.2) is 4.79 Å². The Kier molecular flexibility index (Phi) is 5.96. The minimum Gasteiger partial charge on any atom is -0.443 e. The highest BCUT2D eigenvalue weighted by Crippen LogP contribution is 2.63. The quantitative estimate of drug-likeness (QED) is 0.441. The van der Waals surface area contributed by atoms with Gasteiger partial charge in [0.05, 0.1) is 12.6 Å². The molecule has 6 heteroatoms. The van der Waals surface area contributed by atoms with Gasteiger partial charge in [0.1, 0.15) is 5.60 Å². The number of hydrogen-bond donors (Lipinski definition) is 2. The number of rotatable bonds is 7. The zero-order chi connectivity index (χ0) is 26.5. The Morgan fingerprint density at radius 3 is 2.10 bits per heavy atom. The van der Waals surface area contributed by atoms with E-state index >= 15 is 0 Å². The van der Waals surface area contributed by atoms with Gasteiger partial charge in [-0.15, -0.1) is 0 Å². The van der Waals surface area contributed by atoms with E-state index in [1.54, 1.807) is 0 Å². The molecular formula is C33H35N3O3. The van der Waals surface area contributed by atoms with E-state index in [9.17, 15) is 9.59 Å². The summed E-state index contributed by atoms with van der Waals surface area (Å²) in [5.41, 5.74) is 3.95. The molecule has 8 rings (SSSR count). The minimum atomic E-state index is -0.454. The molecule has 3 aromatic carbocycles. The Balaban J connectivity index is 1.02. The molecule has 3 aromatic rings. The SMILES string of the molecule is O=C(NC(c1ccccc1)c1ccccc1)OC12CC3CC1CC(NCC(=O)N1Cc4ccccc4C1)(C3)C2. The van der Waals surface area contributed by atoms with Crippen molar-refractivity contribution >= 4 is 12.0 Å². The molecule has 0 aromatic heterocycles.